The van der Waals surface area contributed by atoms with Crippen LogP contribution in [-0.4, -0.2) is 41.2 Å². The first-order chi connectivity index (χ1) is 11.4. The fraction of sp³-hybridized carbons (Fsp3) is 0.650. The lowest BCUT2D eigenvalue weighted by molar-refractivity contribution is -0.132. The number of aryl methyl sites for hydroxylation is 2. The van der Waals surface area contributed by atoms with Gasteiger partial charge in [0.2, 0.25) is 0 Å². The maximum Gasteiger partial charge on any atom is 0.260 e. The number of carbonyl (C=O) groups excluding carboxylic acids is 1. The Hall–Kier alpha value is -1.55. The topological polar surface area (TPSA) is 49.8 Å². The summed E-state index contributed by atoms with van der Waals surface area (Å²) < 4.78 is 5.69. The second-order valence-electron chi connectivity index (χ2n) is 7.55. The van der Waals surface area contributed by atoms with Gasteiger partial charge in [0.15, 0.2) is 6.61 Å². The van der Waals surface area contributed by atoms with Crippen molar-refractivity contribution >= 4 is 5.91 Å². The maximum atomic E-state index is 12.5. The quantitative estimate of drug-likeness (QED) is 0.922. The Morgan fingerprint density at radius 3 is 2.83 bits per heavy atom. The summed E-state index contributed by atoms with van der Waals surface area (Å²) in [6.45, 7) is 7.67. The summed E-state index contributed by atoms with van der Waals surface area (Å²) in [4.78, 5) is 14.4. The Balaban J connectivity index is 1.59. The Kier molecular flexibility index (Phi) is 4.86. The van der Waals surface area contributed by atoms with Crippen molar-refractivity contribution in [1.82, 2.24) is 4.90 Å². The molecule has 1 aromatic carbocycles. The van der Waals surface area contributed by atoms with E-state index in [1.54, 1.807) is 0 Å². The van der Waals surface area contributed by atoms with E-state index in [4.69, 9.17) is 4.74 Å². The molecule has 3 atom stereocenters. The molecule has 0 radical (unpaired) electrons. The molecule has 4 nitrogen and oxygen atoms in total. The molecule has 2 aliphatic rings. The SMILES string of the molecule is CC[C@@]1(O)CCC[C@@H]2CN(C(=O)COc3ccc(C)c(C)c3)C[C@@H]21. The monoisotopic (exact) mass is 331 g/mol. The van der Waals surface area contributed by atoms with Gasteiger partial charge in [0, 0.05) is 19.0 Å². The third-order valence-corrected chi connectivity index (χ3v) is 6.12. The van der Waals surface area contributed by atoms with E-state index in [2.05, 4.69) is 13.8 Å². The highest BCUT2D eigenvalue weighted by Crippen LogP contribution is 2.44. The van der Waals surface area contributed by atoms with Gasteiger partial charge >= 0.3 is 0 Å². The molecular weight excluding hydrogens is 302 g/mol. The van der Waals surface area contributed by atoms with Crippen molar-refractivity contribution in [2.75, 3.05) is 19.7 Å². The predicted octanol–water partition coefficient (Wildman–Crippen LogP) is 3.08. The smallest absolute Gasteiger partial charge is 0.260 e. The first-order valence-electron chi connectivity index (χ1n) is 9.13. The van der Waals surface area contributed by atoms with Crippen LogP contribution in [0.25, 0.3) is 0 Å². The summed E-state index contributed by atoms with van der Waals surface area (Å²) in [6.07, 6.45) is 3.82. The highest BCUT2D eigenvalue weighted by molar-refractivity contribution is 5.78. The van der Waals surface area contributed by atoms with E-state index in [0.29, 0.717) is 12.5 Å². The minimum absolute atomic E-state index is 0.0288. The van der Waals surface area contributed by atoms with E-state index in [9.17, 15) is 9.90 Å². The number of hydrogen-bond acceptors (Lipinski definition) is 3. The van der Waals surface area contributed by atoms with E-state index in [-0.39, 0.29) is 18.4 Å². The molecule has 0 spiro atoms. The molecule has 1 amide bonds. The first-order valence-corrected chi connectivity index (χ1v) is 9.13. The number of amides is 1. The second-order valence-corrected chi connectivity index (χ2v) is 7.55. The van der Waals surface area contributed by atoms with Gasteiger partial charge in [0.1, 0.15) is 5.75 Å². The summed E-state index contributed by atoms with van der Waals surface area (Å²) in [5.74, 6) is 1.44. The number of aliphatic hydroxyl groups is 1. The number of benzene rings is 1. The van der Waals surface area contributed by atoms with Crippen LogP contribution >= 0.6 is 0 Å². The molecule has 2 fully saturated rings. The molecule has 1 aromatic rings. The molecule has 132 valence electrons. The summed E-state index contributed by atoms with van der Waals surface area (Å²) in [7, 11) is 0. The number of carbonyl (C=O) groups is 1. The van der Waals surface area contributed by atoms with Crippen LogP contribution in [0.15, 0.2) is 18.2 Å². The van der Waals surface area contributed by atoms with Gasteiger partial charge in [-0.05, 0) is 62.3 Å². The van der Waals surface area contributed by atoms with E-state index < -0.39 is 5.60 Å². The minimum Gasteiger partial charge on any atom is -0.484 e. The van der Waals surface area contributed by atoms with Crippen molar-refractivity contribution in [1.29, 1.82) is 0 Å². The molecule has 0 unspecified atom stereocenters. The highest BCUT2D eigenvalue weighted by Gasteiger charge is 2.48. The van der Waals surface area contributed by atoms with Crippen LogP contribution in [0, 0.1) is 25.7 Å². The Labute approximate surface area is 144 Å². The Bertz CT molecular complexity index is 615. The van der Waals surface area contributed by atoms with Crippen LogP contribution in [0.1, 0.15) is 43.7 Å². The van der Waals surface area contributed by atoms with E-state index in [1.807, 2.05) is 30.0 Å². The molecule has 4 heteroatoms. The van der Waals surface area contributed by atoms with Crippen LogP contribution < -0.4 is 4.74 Å². The van der Waals surface area contributed by atoms with Gasteiger partial charge in [-0.15, -0.1) is 0 Å². The van der Waals surface area contributed by atoms with E-state index in [1.165, 1.54) is 11.1 Å². The summed E-state index contributed by atoms with van der Waals surface area (Å²) >= 11 is 0. The number of likely N-dealkylation sites (tertiary alicyclic amines) is 1. The fourth-order valence-electron chi connectivity index (χ4n) is 4.31. The van der Waals surface area contributed by atoms with Crippen LogP contribution in [0.5, 0.6) is 5.75 Å². The molecule has 1 N–H and O–H groups in total. The molecule has 1 saturated heterocycles. The summed E-state index contributed by atoms with van der Waals surface area (Å²) in [5, 5.41) is 10.8. The van der Waals surface area contributed by atoms with Gasteiger partial charge in [0.25, 0.3) is 5.91 Å². The third kappa shape index (κ3) is 3.30. The molecular formula is C20H29NO3. The normalized spacial score (nSPS) is 29.4. The summed E-state index contributed by atoms with van der Waals surface area (Å²) in [6, 6.07) is 5.90. The van der Waals surface area contributed by atoms with Gasteiger partial charge in [-0.2, -0.15) is 0 Å². The van der Waals surface area contributed by atoms with Gasteiger partial charge in [-0.25, -0.2) is 0 Å². The number of ether oxygens (including phenoxy) is 1. The lowest BCUT2D eigenvalue weighted by Crippen LogP contribution is -2.44. The number of hydrogen-bond donors (Lipinski definition) is 1. The minimum atomic E-state index is -0.590. The van der Waals surface area contributed by atoms with Crippen LogP contribution in [0.3, 0.4) is 0 Å². The van der Waals surface area contributed by atoms with Crippen molar-refractivity contribution in [3.8, 4) is 5.75 Å². The number of fused-ring (bicyclic) bond motifs is 1. The zero-order valence-electron chi connectivity index (χ0n) is 15.0. The average Bonchev–Trinajstić information content (AvgIpc) is 3.02. The lowest BCUT2D eigenvalue weighted by Gasteiger charge is -2.40. The molecule has 1 aliphatic heterocycles. The van der Waals surface area contributed by atoms with Crippen molar-refractivity contribution in [2.45, 2.75) is 52.1 Å². The molecule has 0 aromatic heterocycles. The highest BCUT2D eigenvalue weighted by atomic mass is 16.5. The van der Waals surface area contributed by atoms with Crippen molar-refractivity contribution in [2.24, 2.45) is 11.8 Å². The van der Waals surface area contributed by atoms with Gasteiger partial charge in [0.05, 0.1) is 5.60 Å². The third-order valence-electron chi connectivity index (χ3n) is 6.12. The maximum absolute atomic E-state index is 12.5. The zero-order chi connectivity index (χ0) is 17.3. The fourth-order valence-corrected chi connectivity index (χ4v) is 4.31. The van der Waals surface area contributed by atoms with Gasteiger partial charge < -0.3 is 14.7 Å². The van der Waals surface area contributed by atoms with Crippen molar-refractivity contribution < 1.29 is 14.6 Å². The number of rotatable bonds is 4. The largest absolute Gasteiger partial charge is 0.484 e. The van der Waals surface area contributed by atoms with E-state index in [0.717, 1.165) is 38.0 Å². The molecule has 0 bridgehead atoms. The van der Waals surface area contributed by atoms with Crippen molar-refractivity contribution in [3.05, 3.63) is 29.3 Å². The first kappa shape index (κ1) is 17.3. The Morgan fingerprint density at radius 2 is 2.12 bits per heavy atom. The predicted molar refractivity (Wildman–Crippen MR) is 94.1 cm³/mol. The van der Waals surface area contributed by atoms with Gasteiger partial charge in [-0.1, -0.05) is 19.4 Å². The molecule has 1 aliphatic carbocycles. The molecule has 24 heavy (non-hydrogen) atoms. The Morgan fingerprint density at radius 1 is 1.33 bits per heavy atom. The second kappa shape index (κ2) is 6.75. The van der Waals surface area contributed by atoms with Crippen LogP contribution in [0.2, 0.25) is 0 Å². The van der Waals surface area contributed by atoms with Crippen molar-refractivity contribution in [3.63, 3.8) is 0 Å². The van der Waals surface area contributed by atoms with Gasteiger partial charge in [-0.3, -0.25) is 4.79 Å². The lowest BCUT2D eigenvalue weighted by atomic mass is 9.69. The van der Waals surface area contributed by atoms with Crippen LogP contribution in [-0.2, 0) is 4.79 Å². The standard InChI is InChI=1S/C20H29NO3/c1-4-20(23)9-5-6-16-11-21(12-18(16)20)19(22)13-24-17-8-7-14(2)15(3)10-17/h7-8,10,16,18,23H,4-6,9,11-13H2,1-3H3/t16-,18+,20-/m1/s1. The zero-order valence-corrected chi connectivity index (χ0v) is 15.0. The number of nitrogens with zero attached hydrogens (tertiary/aromatic N) is 1. The average molecular weight is 331 g/mol. The molecule has 1 heterocycles. The molecule has 3 rings (SSSR count). The van der Waals surface area contributed by atoms with E-state index >= 15 is 0 Å². The summed E-state index contributed by atoms with van der Waals surface area (Å²) in [5.41, 5.74) is 1.80. The molecule has 1 saturated carbocycles. The van der Waals surface area contributed by atoms with Crippen LogP contribution in [0.4, 0.5) is 0 Å².